The van der Waals surface area contributed by atoms with Gasteiger partial charge in [-0.3, -0.25) is 4.79 Å². The zero-order valence-electron chi connectivity index (χ0n) is 9.19. The first-order valence-corrected chi connectivity index (χ1v) is 5.22. The molecule has 0 radical (unpaired) electrons. The number of esters is 1. The molecule has 0 saturated heterocycles. The molecule has 5 heteroatoms. The van der Waals surface area contributed by atoms with Crippen molar-refractivity contribution in [1.29, 1.82) is 0 Å². The Morgan fingerprint density at radius 3 is 2.73 bits per heavy atom. The van der Waals surface area contributed by atoms with Crippen molar-refractivity contribution in [2.24, 2.45) is 5.41 Å². The van der Waals surface area contributed by atoms with Crippen LogP contribution in [0.5, 0.6) is 0 Å². The highest BCUT2D eigenvalue weighted by molar-refractivity contribution is 6.50. The Hall–Kier alpha value is -0.805. The molecule has 1 atom stereocenters. The molecular formula is C10H17BO4. The topological polar surface area (TPSA) is 66.8 Å². The van der Waals surface area contributed by atoms with Crippen molar-refractivity contribution >= 4 is 13.1 Å². The number of allylic oxidation sites excluding steroid dienone is 2. The van der Waals surface area contributed by atoms with Gasteiger partial charge >= 0.3 is 13.1 Å². The van der Waals surface area contributed by atoms with Crippen molar-refractivity contribution in [1.82, 2.24) is 0 Å². The van der Waals surface area contributed by atoms with Gasteiger partial charge in [0.25, 0.3) is 0 Å². The fourth-order valence-corrected chi connectivity index (χ4v) is 1.71. The molecule has 0 aromatic carbocycles. The Kier molecular flexibility index (Phi) is 3.93. The Bertz CT molecular complexity index is 275. The number of carbonyl (C=O) groups is 1. The van der Waals surface area contributed by atoms with E-state index in [1.54, 1.807) is 13.0 Å². The zero-order valence-corrected chi connectivity index (χ0v) is 9.19. The fraction of sp³-hybridized carbons (Fsp3) is 0.700. The van der Waals surface area contributed by atoms with Gasteiger partial charge in [-0.15, -0.1) is 0 Å². The van der Waals surface area contributed by atoms with E-state index in [1.165, 1.54) is 0 Å². The van der Waals surface area contributed by atoms with E-state index in [0.29, 0.717) is 31.3 Å². The van der Waals surface area contributed by atoms with E-state index < -0.39 is 12.5 Å². The molecule has 0 aromatic rings. The lowest BCUT2D eigenvalue weighted by Gasteiger charge is -2.30. The lowest BCUT2D eigenvalue weighted by atomic mass is 9.67. The molecule has 0 aromatic heterocycles. The third kappa shape index (κ3) is 2.82. The Morgan fingerprint density at radius 1 is 1.67 bits per heavy atom. The average molecular weight is 212 g/mol. The molecule has 0 bridgehead atoms. The number of hydrogen-bond acceptors (Lipinski definition) is 4. The summed E-state index contributed by atoms with van der Waals surface area (Å²) >= 11 is 0. The first-order chi connectivity index (χ1) is 6.99. The summed E-state index contributed by atoms with van der Waals surface area (Å²) in [7, 11) is -1.39. The summed E-state index contributed by atoms with van der Waals surface area (Å²) < 4.78 is 4.99. The third-order valence-electron chi connectivity index (χ3n) is 2.88. The second-order valence-corrected chi connectivity index (χ2v) is 4.14. The molecule has 1 rings (SSSR count). The molecular weight excluding hydrogens is 195 g/mol. The number of ether oxygens (including phenoxy) is 1. The van der Waals surface area contributed by atoms with Crippen molar-refractivity contribution in [3.8, 4) is 0 Å². The molecule has 0 fully saturated rings. The van der Waals surface area contributed by atoms with Crippen LogP contribution in [-0.2, 0) is 9.53 Å². The van der Waals surface area contributed by atoms with Gasteiger partial charge in [-0.05, 0) is 38.6 Å². The maximum Gasteiger partial charge on any atom is 0.483 e. The lowest BCUT2D eigenvalue weighted by molar-refractivity contribution is -0.154. The summed E-state index contributed by atoms with van der Waals surface area (Å²) in [6, 6.07) is 0. The standard InChI is InChI=1S/C10H17BO4/c1-3-15-9(12)10(2)6-4-8(5-7-10)11(13)14/h4,13-14H,3,5-7H2,1-2H3. The maximum atomic E-state index is 11.6. The van der Waals surface area contributed by atoms with Crippen LogP contribution in [0.15, 0.2) is 11.5 Å². The van der Waals surface area contributed by atoms with E-state index in [4.69, 9.17) is 14.8 Å². The molecule has 1 aliphatic rings. The summed E-state index contributed by atoms with van der Waals surface area (Å²) in [6.45, 7) is 4.01. The van der Waals surface area contributed by atoms with Crippen LogP contribution in [0, 0.1) is 5.41 Å². The molecule has 0 saturated carbocycles. The molecule has 1 aliphatic carbocycles. The van der Waals surface area contributed by atoms with Crippen molar-refractivity contribution in [2.75, 3.05) is 6.61 Å². The molecule has 0 spiro atoms. The van der Waals surface area contributed by atoms with Crippen LogP contribution in [0.3, 0.4) is 0 Å². The quantitative estimate of drug-likeness (QED) is 0.533. The Labute approximate surface area is 90.1 Å². The molecule has 0 amide bonds. The lowest BCUT2D eigenvalue weighted by Crippen LogP contribution is -2.33. The van der Waals surface area contributed by atoms with Crippen LogP contribution in [-0.4, -0.2) is 29.7 Å². The molecule has 2 N–H and O–H groups in total. The maximum absolute atomic E-state index is 11.6. The van der Waals surface area contributed by atoms with Gasteiger partial charge < -0.3 is 14.8 Å². The Balaban J connectivity index is 2.65. The minimum atomic E-state index is -1.39. The molecule has 0 heterocycles. The molecule has 0 aliphatic heterocycles. The summed E-state index contributed by atoms with van der Waals surface area (Å²) in [6.07, 6.45) is 3.38. The van der Waals surface area contributed by atoms with Gasteiger partial charge in [0, 0.05) is 0 Å². The minimum Gasteiger partial charge on any atom is -0.466 e. The highest BCUT2D eigenvalue weighted by Crippen LogP contribution is 2.36. The van der Waals surface area contributed by atoms with Crippen LogP contribution in [0.1, 0.15) is 33.1 Å². The van der Waals surface area contributed by atoms with Gasteiger partial charge in [0.05, 0.1) is 12.0 Å². The molecule has 1 unspecified atom stereocenters. The number of rotatable bonds is 3. The van der Waals surface area contributed by atoms with Crippen LogP contribution in [0.25, 0.3) is 0 Å². The first kappa shape index (κ1) is 12.3. The van der Waals surface area contributed by atoms with Gasteiger partial charge in [-0.25, -0.2) is 0 Å². The van der Waals surface area contributed by atoms with Crippen LogP contribution in [0.4, 0.5) is 0 Å². The van der Waals surface area contributed by atoms with Crippen LogP contribution >= 0.6 is 0 Å². The summed E-state index contributed by atoms with van der Waals surface area (Å²) in [5, 5.41) is 17.9. The largest absolute Gasteiger partial charge is 0.483 e. The first-order valence-electron chi connectivity index (χ1n) is 5.22. The van der Waals surface area contributed by atoms with Gasteiger partial charge in [-0.1, -0.05) is 6.08 Å². The minimum absolute atomic E-state index is 0.201. The van der Waals surface area contributed by atoms with Crippen molar-refractivity contribution in [2.45, 2.75) is 33.1 Å². The van der Waals surface area contributed by atoms with Gasteiger partial charge in [0.1, 0.15) is 0 Å². The molecule has 15 heavy (non-hydrogen) atoms. The average Bonchev–Trinajstić information content (AvgIpc) is 2.18. The second-order valence-electron chi connectivity index (χ2n) is 4.14. The third-order valence-corrected chi connectivity index (χ3v) is 2.88. The highest BCUT2D eigenvalue weighted by atomic mass is 16.5. The number of carbonyl (C=O) groups excluding carboxylic acids is 1. The van der Waals surface area contributed by atoms with E-state index in [-0.39, 0.29) is 5.97 Å². The molecule has 84 valence electrons. The van der Waals surface area contributed by atoms with E-state index >= 15 is 0 Å². The van der Waals surface area contributed by atoms with Crippen LogP contribution < -0.4 is 0 Å². The SMILES string of the molecule is CCOC(=O)C1(C)CC=C(B(O)O)CC1. The van der Waals surface area contributed by atoms with Gasteiger partial charge in [-0.2, -0.15) is 0 Å². The smallest absolute Gasteiger partial charge is 0.466 e. The van der Waals surface area contributed by atoms with Gasteiger partial charge in [0.2, 0.25) is 0 Å². The van der Waals surface area contributed by atoms with E-state index in [9.17, 15) is 4.79 Å². The van der Waals surface area contributed by atoms with Gasteiger partial charge in [0.15, 0.2) is 0 Å². The second kappa shape index (κ2) is 4.81. The van der Waals surface area contributed by atoms with Crippen molar-refractivity contribution < 1.29 is 19.6 Å². The molecule has 4 nitrogen and oxygen atoms in total. The highest BCUT2D eigenvalue weighted by Gasteiger charge is 2.37. The fourth-order valence-electron chi connectivity index (χ4n) is 1.71. The summed E-state index contributed by atoms with van der Waals surface area (Å²) in [4.78, 5) is 11.6. The normalized spacial score (nSPS) is 25.7. The van der Waals surface area contributed by atoms with Crippen LogP contribution in [0.2, 0.25) is 0 Å². The monoisotopic (exact) mass is 212 g/mol. The predicted molar refractivity (Wildman–Crippen MR) is 56.9 cm³/mol. The van der Waals surface area contributed by atoms with E-state index in [0.717, 1.165) is 0 Å². The van der Waals surface area contributed by atoms with E-state index in [2.05, 4.69) is 0 Å². The van der Waals surface area contributed by atoms with Crippen molar-refractivity contribution in [3.05, 3.63) is 11.5 Å². The van der Waals surface area contributed by atoms with E-state index in [1.807, 2.05) is 6.92 Å². The van der Waals surface area contributed by atoms with Crippen molar-refractivity contribution in [3.63, 3.8) is 0 Å². The Morgan fingerprint density at radius 2 is 2.33 bits per heavy atom. The summed E-state index contributed by atoms with van der Waals surface area (Å²) in [5.74, 6) is -0.201. The number of hydrogen-bond donors (Lipinski definition) is 2. The zero-order chi connectivity index (χ0) is 11.5. The predicted octanol–water partition coefficient (Wildman–Crippen LogP) is 0.678. The summed E-state index contributed by atoms with van der Waals surface area (Å²) in [5.41, 5.74) is 0.0887.